The second-order valence-electron chi connectivity index (χ2n) is 4.83. The zero-order valence-corrected chi connectivity index (χ0v) is 12.5. The summed E-state index contributed by atoms with van der Waals surface area (Å²) in [5, 5.41) is 2.84. The van der Waals surface area contributed by atoms with Crippen LogP contribution in [-0.2, 0) is 9.05 Å². The van der Waals surface area contributed by atoms with Gasteiger partial charge in [0.05, 0.1) is 5.02 Å². The van der Waals surface area contributed by atoms with Crippen molar-refractivity contribution in [2.24, 2.45) is 5.92 Å². The van der Waals surface area contributed by atoms with Crippen LogP contribution in [0.15, 0.2) is 23.1 Å². The first-order chi connectivity index (χ1) is 8.77. The van der Waals surface area contributed by atoms with E-state index >= 15 is 0 Å². The van der Waals surface area contributed by atoms with E-state index in [0.29, 0.717) is 5.92 Å². The van der Waals surface area contributed by atoms with Crippen molar-refractivity contribution in [3.8, 4) is 0 Å². The number of carbonyl (C=O) groups excluding carboxylic acids is 1. The molecule has 0 aliphatic heterocycles. The van der Waals surface area contributed by atoms with Crippen LogP contribution in [0.1, 0.15) is 30.1 Å². The van der Waals surface area contributed by atoms with E-state index in [4.69, 9.17) is 22.3 Å². The molecule has 1 amide bonds. The minimum Gasteiger partial charge on any atom is -0.349 e. The molecule has 1 fully saturated rings. The third kappa shape index (κ3) is 3.41. The van der Waals surface area contributed by atoms with Gasteiger partial charge >= 0.3 is 0 Å². The highest BCUT2D eigenvalue weighted by Crippen LogP contribution is 2.28. The lowest BCUT2D eigenvalue weighted by Gasteiger charge is -2.33. The number of amides is 1. The Bertz CT molecular complexity index is 609. The molecule has 0 radical (unpaired) electrons. The van der Waals surface area contributed by atoms with E-state index in [2.05, 4.69) is 12.2 Å². The first kappa shape index (κ1) is 14.6. The molecule has 1 aliphatic rings. The maximum absolute atomic E-state index is 12.0. The average Bonchev–Trinajstić information content (AvgIpc) is 2.25. The van der Waals surface area contributed by atoms with E-state index in [1.54, 1.807) is 0 Å². The normalized spacial score (nSPS) is 22.7. The van der Waals surface area contributed by atoms with E-state index < -0.39 is 9.05 Å². The molecule has 1 aliphatic carbocycles. The first-order valence-electron chi connectivity index (χ1n) is 5.82. The van der Waals surface area contributed by atoms with Gasteiger partial charge in [-0.1, -0.05) is 18.5 Å². The van der Waals surface area contributed by atoms with Gasteiger partial charge in [-0.25, -0.2) is 8.42 Å². The van der Waals surface area contributed by atoms with Gasteiger partial charge < -0.3 is 5.32 Å². The maximum atomic E-state index is 12.0. The third-order valence-corrected chi connectivity index (χ3v) is 4.97. The van der Waals surface area contributed by atoms with Gasteiger partial charge in [0.2, 0.25) is 0 Å². The molecule has 104 valence electrons. The van der Waals surface area contributed by atoms with Crippen molar-refractivity contribution in [2.45, 2.75) is 30.7 Å². The predicted octanol–water partition coefficient (Wildman–Crippen LogP) is 2.80. The van der Waals surface area contributed by atoms with E-state index in [-0.39, 0.29) is 27.4 Å². The largest absolute Gasteiger partial charge is 0.349 e. The summed E-state index contributed by atoms with van der Waals surface area (Å²) < 4.78 is 22.6. The Kier molecular flexibility index (Phi) is 4.08. The summed E-state index contributed by atoms with van der Waals surface area (Å²) in [5.74, 6) is 0.310. The van der Waals surface area contributed by atoms with Crippen LogP contribution in [0.5, 0.6) is 0 Å². The van der Waals surface area contributed by atoms with Crippen molar-refractivity contribution in [1.82, 2.24) is 5.32 Å². The molecular weight excluding hydrogens is 309 g/mol. The SMILES string of the molecule is CC1CC(NC(=O)c2ccc(Cl)c(S(=O)(=O)Cl)c2)C1. The van der Waals surface area contributed by atoms with Crippen molar-refractivity contribution in [3.05, 3.63) is 28.8 Å². The monoisotopic (exact) mass is 321 g/mol. The van der Waals surface area contributed by atoms with Crippen LogP contribution >= 0.6 is 22.3 Å². The second kappa shape index (κ2) is 5.31. The molecule has 0 heterocycles. The van der Waals surface area contributed by atoms with Gasteiger partial charge in [0.1, 0.15) is 4.90 Å². The summed E-state index contributed by atoms with van der Waals surface area (Å²) in [4.78, 5) is 11.7. The average molecular weight is 322 g/mol. The molecular formula is C12H13Cl2NO3S. The molecule has 0 saturated heterocycles. The summed E-state index contributed by atoms with van der Waals surface area (Å²) in [7, 11) is 1.30. The third-order valence-electron chi connectivity index (χ3n) is 3.17. The van der Waals surface area contributed by atoms with E-state index in [0.717, 1.165) is 12.8 Å². The van der Waals surface area contributed by atoms with Crippen LogP contribution in [-0.4, -0.2) is 20.4 Å². The molecule has 0 bridgehead atoms. The standard InChI is InChI=1S/C12H13Cl2NO3S/c1-7-4-9(5-7)15-12(16)8-2-3-10(13)11(6-8)19(14,17)18/h2-3,6-7,9H,4-5H2,1H3,(H,15,16). The molecule has 2 rings (SSSR count). The Labute approximate surface area is 121 Å². The molecule has 1 saturated carbocycles. The van der Waals surface area contributed by atoms with Crippen molar-refractivity contribution < 1.29 is 13.2 Å². The van der Waals surface area contributed by atoms with Gasteiger partial charge in [-0.05, 0) is 37.0 Å². The molecule has 1 aromatic carbocycles. The van der Waals surface area contributed by atoms with Gasteiger partial charge in [0.25, 0.3) is 15.0 Å². The lowest BCUT2D eigenvalue weighted by Crippen LogP contribution is -2.43. The molecule has 0 atom stereocenters. The lowest BCUT2D eigenvalue weighted by atomic mass is 9.82. The molecule has 0 aromatic heterocycles. The summed E-state index contributed by atoms with van der Waals surface area (Å²) in [6.45, 7) is 2.11. The van der Waals surface area contributed by atoms with Crippen LogP contribution in [0, 0.1) is 5.92 Å². The summed E-state index contributed by atoms with van der Waals surface area (Å²) in [5.41, 5.74) is 0.239. The van der Waals surface area contributed by atoms with Crippen molar-refractivity contribution in [3.63, 3.8) is 0 Å². The van der Waals surface area contributed by atoms with Gasteiger partial charge in [0, 0.05) is 22.3 Å². The number of nitrogens with one attached hydrogen (secondary N) is 1. The van der Waals surface area contributed by atoms with E-state index in [1.165, 1.54) is 18.2 Å². The van der Waals surface area contributed by atoms with Gasteiger partial charge in [-0.2, -0.15) is 0 Å². The molecule has 0 unspecified atom stereocenters. The quantitative estimate of drug-likeness (QED) is 0.871. The van der Waals surface area contributed by atoms with Crippen LogP contribution < -0.4 is 5.32 Å². The highest BCUT2D eigenvalue weighted by molar-refractivity contribution is 8.13. The van der Waals surface area contributed by atoms with Crippen molar-refractivity contribution in [1.29, 1.82) is 0 Å². The summed E-state index contributed by atoms with van der Waals surface area (Å²) >= 11 is 5.75. The number of carbonyl (C=O) groups is 1. The Balaban J connectivity index is 2.19. The maximum Gasteiger partial charge on any atom is 0.262 e. The Hall–Kier alpha value is -0.780. The Morgan fingerprint density at radius 1 is 1.37 bits per heavy atom. The molecule has 0 spiro atoms. The summed E-state index contributed by atoms with van der Waals surface area (Å²) in [6, 6.07) is 4.19. The van der Waals surface area contributed by atoms with Gasteiger partial charge in [0.15, 0.2) is 0 Å². The second-order valence-corrected chi connectivity index (χ2v) is 7.77. The lowest BCUT2D eigenvalue weighted by molar-refractivity contribution is 0.0896. The molecule has 4 nitrogen and oxygen atoms in total. The molecule has 1 aromatic rings. The molecule has 7 heteroatoms. The molecule has 1 N–H and O–H groups in total. The molecule has 19 heavy (non-hydrogen) atoms. The number of halogens is 2. The van der Waals surface area contributed by atoms with Crippen LogP contribution in [0.2, 0.25) is 5.02 Å². The smallest absolute Gasteiger partial charge is 0.262 e. The summed E-state index contributed by atoms with van der Waals surface area (Å²) in [6.07, 6.45) is 1.89. The fourth-order valence-electron chi connectivity index (χ4n) is 2.12. The predicted molar refractivity (Wildman–Crippen MR) is 74.1 cm³/mol. The minimum absolute atomic E-state index is 0.00353. The first-order valence-corrected chi connectivity index (χ1v) is 8.51. The Morgan fingerprint density at radius 2 is 2.00 bits per heavy atom. The highest BCUT2D eigenvalue weighted by atomic mass is 35.7. The number of benzene rings is 1. The van der Waals surface area contributed by atoms with E-state index in [9.17, 15) is 13.2 Å². The van der Waals surface area contributed by atoms with Gasteiger partial charge in [-0.3, -0.25) is 4.79 Å². The van der Waals surface area contributed by atoms with Crippen molar-refractivity contribution in [2.75, 3.05) is 0 Å². The number of hydrogen-bond acceptors (Lipinski definition) is 3. The van der Waals surface area contributed by atoms with Crippen LogP contribution in [0.4, 0.5) is 0 Å². The fourth-order valence-corrected chi connectivity index (χ4v) is 3.61. The van der Waals surface area contributed by atoms with E-state index in [1.807, 2.05) is 0 Å². The topological polar surface area (TPSA) is 63.2 Å². The Morgan fingerprint density at radius 3 is 2.53 bits per heavy atom. The zero-order chi connectivity index (χ0) is 14.2. The van der Waals surface area contributed by atoms with Crippen LogP contribution in [0.25, 0.3) is 0 Å². The van der Waals surface area contributed by atoms with Crippen LogP contribution in [0.3, 0.4) is 0 Å². The minimum atomic E-state index is -3.96. The zero-order valence-electron chi connectivity index (χ0n) is 10.2. The van der Waals surface area contributed by atoms with Gasteiger partial charge in [-0.15, -0.1) is 0 Å². The number of hydrogen-bond donors (Lipinski definition) is 1. The number of rotatable bonds is 3. The highest BCUT2D eigenvalue weighted by Gasteiger charge is 2.27. The van der Waals surface area contributed by atoms with Crippen molar-refractivity contribution >= 4 is 37.2 Å². The fraction of sp³-hybridized carbons (Fsp3) is 0.417.